The highest BCUT2D eigenvalue weighted by Crippen LogP contribution is 2.40. The summed E-state index contributed by atoms with van der Waals surface area (Å²) < 4.78 is 0.417. The number of hydrogen-bond acceptors (Lipinski definition) is 7. The molecule has 21 heavy (non-hydrogen) atoms. The minimum atomic E-state index is -0.822. The third-order valence-corrected chi connectivity index (χ3v) is 5.12. The van der Waals surface area contributed by atoms with Crippen LogP contribution in [0.5, 0.6) is 0 Å². The molecule has 1 aromatic rings. The lowest BCUT2D eigenvalue weighted by Crippen LogP contribution is -2.36. The Balaban J connectivity index is 1.92. The SMILES string of the molecule is O=C1CSC(=C2NC(=O)N(C(=O)c3cccnc3)C2=O)S1. The number of hydrogen-bond donors (Lipinski definition) is 1. The first-order chi connectivity index (χ1) is 10.1. The molecule has 9 heteroatoms. The van der Waals surface area contributed by atoms with E-state index in [1.54, 1.807) is 0 Å². The molecule has 3 heterocycles. The number of imide groups is 3. The Kier molecular flexibility index (Phi) is 3.52. The summed E-state index contributed by atoms with van der Waals surface area (Å²) in [6.45, 7) is 0. The molecule has 0 spiro atoms. The Hall–Kier alpha value is -2.13. The molecule has 0 unspecified atom stereocenters. The van der Waals surface area contributed by atoms with Crippen LogP contribution in [0.15, 0.2) is 34.5 Å². The van der Waals surface area contributed by atoms with Crippen LogP contribution >= 0.6 is 23.5 Å². The van der Waals surface area contributed by atoms with Gasteiger partial charge in [0.15, 0.2) is 0 Å². The smallest absolute Gasteiger partial charge is 0.301 e. The van der Waals surface area contributed by atoms with Crippen molar-refractivity contribution in [3.63, 3.8) is 0 Å². The maximum Gasteiger partial charge on any atom is 0.336 e. The van der Waals surface area contributed by atoms with Crippen molar-refractivity contribution >= 4 is 46.5 Å². The zero-order valence-corrected chi connectivity index (χ0v) is 12.0. The van der Waals surface area contributed by atoms with Crippen molar-refractivity contribution in [3.8, 4) is 0 Å². The number of thioether (sulfide) groups is 2. The zero-order valence-electron chi connectivity index (χ0n) is 10.4. The van der Waals surface area contributed by atoms with E-state index < -0.39 is 17.8 Å². The molecule has 0 saturated carbocycles. The molecule has 7 nitrogen and oxygen atoms in total. The van der Waals surface area contributed by atoms with E-state index in [2.05, 4.69) is 10.3 Å². The lowest BCUT2D eigenvalue weighted by molar-refractivity contribution is -0.121. The van der Waals surface area contributed by atoms with Crippen molar-refractivity contribution in [3.05, 3.63) is 40.0 Å². The molecular formula is C12H7N3O4S2. The number of amides is 4. The summed E-state index contributed by atoms with van der Waals surface area (Å²) >= 11 is 2.07. The van der Waals surface area contributed by atoms with E-state index in [0.29, 0.717) is 9.14 Å². The van der Waals surface area contributed by atoms with Crippen LogP contribution in [0.1, 0.15) is 10.4 Å². The molecule has 0 aromatic carbocycles. The maximum absolute atomic E-state index is 12.2. The van der Waals surface area contributed by atoms with E-state index >= 15 is 0 Å². The van der Waals surface area contributed by atoms with Crippen molar-refractivity contribution in [2.24, 2.45) is 0 Å². The van der Waals surface area contributed by atoms with Crippen LogP contribution in [0.2, 0.25) is 0 Å². The Morgan fingerprint density at radius 3 is 2.76 bits per heavy atom. The van der Waals surface area contributed by atoms with Gasteiger partial charge in [-0.25, -0.2) is 4.79 Å². The van der Waals surface area contributed by atoms with E-state index in [-0.39, 0.29) is 22.1 Å². The van der Waals surface area contributed by atoms with Gasteiger partial charge in [-0.05, 0) is 23.9 Å². The highest BCUT2D eigenvalue weighted by atomic mass is 32.2. The molecule has 1 N–H and O–H groups in total. The summed E-state index contributed by atoms with van der Waals surface area (Å²) in [6.07, 6.45) is 2.75. The van der Waals surface area contributed by atoms with Crippen LogP contribution < -0.4 is 5.32 Å². The maximum atomic E-state index is 12.2. The van der Waals surface area contributed by atoms with Gasteiger partial charge in [-0.2, -0.15) is 4.90 Å². The molecule has 0 bridgehead atoms. The minimum absolute atomic E-state index is 0.0157. The fourth-order valence-corrected chi connectivity index (χ4v) is 3.85. The molecule has 3 rings (SSSR count). The van der Waals surface area contributed by atoms with Gasteiger partial charge in [-0.15, -0.1) is 11.8 Å². The normalized spacial score (nSPS) is 21.9. The molecule has 2 fully saturated rings. The molecule has 106 valence electrons. The second-order valence-corrected chi connectivity index (χ2v) is 6.35. The summed E-state index contributed by atoms with van der Waals surface area (Å²) in [5.74, 6) is -1.26. The molecule has 1 aromatic heterocycles. The van der Waals surface area contributed by atoms with Gasteiger partial charge in [0.1, 0.15) is 5.70 Å². The van der Waals surface area contributed by atoms with Gasteiger partial charge in [-0.1, -0.05) is 0 Å². The zero-order chi connectivity index (χ0) is 15.0. The molecule has 0 radical (unpaired) electrons. The van der Waals surface area contributed by atoms with E-state index in [9.17, 15) is 19.2 Å². The predicted molar refractivity (Wildman–Crippen MR) is 76.0 cm³/mol. The van der Waals surface area contributed by atoms with Crippen molar-refractivity contribution in [2.75, 3.05) is 5.75 Å². The summed E-state index contributed by atoms with van der Waals surface area (Å²) in [5.41, 5.74) is 0.119. The highest BCUT2D eigenvalue weighted by molar-refractivity contribution is 8.34. The molecule has 2 aliphatic heterocycles. The number of pyridine rings is 1. The second-order valence-electron chi connectivity index (χ2n) is 4.04. The fraction of sp³-hybridized carbons (Fsp3) is 0.0833. The average Bonchev–Trinajstić information content (AvgIpc) is 3.03. The third kappa shape index (κ3) is 2.45. The number of aromatic nitrogens is 1. The largest absolute Gasteiger partial charge is 0.336 e. The van der Waals surface area contributed by atoms with Crippen LogP contribution in [0.3, 0.4) is 0 Å². The van der Waals surface area contributed by atoms with Crippen LogP contribution in [-0.4, -0.2) is 38.6 Å². The number of carbonyl (C=O) groups excluding carboxylic acids is 4. The molecule has 0 atom stereocenters. The van der Waals surface area contributed by atoms with Crippen LogP contribution in [0, 0.1) is 0 Å². The predicted octanol–water partition coefficient (Wildman–Crippen LogP) is 0.949. The molecule has 4 amide bonds. The second kappa shape index (κ2) is 5.34. The van der Waals surface area contributed by atoms with Gasteiger partial charge in [-0.3, -0.25) is 19.4 Å². The summed E-state index contributed by atoms with van der Waals surface area (Å²) in [4.78, 5) is 51.8. The number of nitrogens with zero attached hydrogens (tertiary/aromatic N) is 2. The first-order valence-corrected chi connectivity index (χ1v) is 7.55. The summed E-state index contributed by atoms with van der Waals surface area (Å²) in [7, 11) is 0. The van der Waals surface area contributed by atoms with E-state index in [1.807, 2.05) is 0 Å². The number of rotatable bonds is 1. The number of carbonyl (C=O) groups is 4. The Morgan fingerprint density at radius 2 is 2.14 bits per heavy atom. The Morgan fingerprint density at radius 1 is 1.33 bits per heavy atom. The van der Waals surface area contributed by atoms with E-state index in [0.717, 1.165) is 11.8 Å². The van der Waals surface area contributed by atoms with Crippen LogP contribution in [0.4, 0.5) is 4.79 Å². The van der Waals surface area contributed by atoms with E-state index in [4.69, 9.17) is 0 Å². The van der Waals surface area contributed by atoms with Crippen molar-refractivity contribution in [1.29, 1.82) is 0 Å². The monoisotopic (exact) mass is 321 g/mol. The van der Waals surface area contributed by atoms with Crippen molar-refractivity contribution in [2.45, 2.75) is 0 Å². The molecular weight excluding hydrogens is 314 g/mol. The number of nitrogens with one attached hydrogen (secondary N) is 1. The Labute approximate surface area is 127 Å². The first-order valence-electron chi connectivity index (χ1n) is 5.75. The van der Waals surface area contributed by atoms with Gasteiger partial charge in [0, 0.05) is 12.4 Å². The lowest BCUT2D eigenvalue weighted by atomic mass is 10.2. The lowest BCUT2D eigenvalue weighted by Gasteiger charge is -2.09. The molecule has 0 aliphatic carbocycles. The molecule has 2 aliphatic rings. The Bertz CT molecular complexity index is 702. The highest BCUT2D eigenvalue weighted by Gasteiger charge is 2.42. The van der Waals surface area contributed by atoms with Gasteiger partial charge in [0.2, 0.25) is 5.12 Å². The number of urea groups is 1. The minimum Gasteiger partial charge on any atom is -0.301 e. The van der Waals surface area contributed by atoms with Gasteiger partial charge < -0.3 is 5.32 Å². The molecule has 2 saturated heterocycles. The average molecular weight is 321 g/mol. The van der Waals surface area contributed by atoms with Crippen LogP contribution in [0.25, 0.3) is 0 Å². The van der Waals surface area contributed by atoms with Crippen molar-refractivity contribution in [1.82, 2.24) is 15.2 Å². The van der Waals surface area contributed by atoms with Gasteiger partial charge >= 0.3 is 6.03 Å². The van der Waals surface area contributed by atoms with Crippen LogP contribution in [-0.2, 0) is 9.59 Å². The third-order valence-electron chi connectivity index (χ3n) is 2.70. The topological polar surface area (TPSA) is 96.4 Å². The quantitative estimate of drug-likeness (QED) is 0.467. The summed E-state index contributed by atoms with van der Waals surface area (Å²) in [6, 6.07) is 2.17. The first kappa shape index (κ1) is 13.8. The van der Waals surface area contributed by atoms with Gasteiger partial charge in [0.05, 0.1) is 15.6 Å². The standard InChI is InChI=1S/C12H7N3O4S2/c16-7-5-20-11(21-7)8-10(18)15(12(19)14-8)9(17)6-2-1-3-13-4-6/h1-4H,5H2,(H,14,19). The van der Waals surface area contributed by atoms with Gasteiger partial charge in [0.25, 0.3) is 11.8 Å². The fourth-order valence-electron chi connectivity index (χ4n) is 1.77. The van der Waals surface area contributed by atoms with Crippen molar-refractivity contribution < 1.29 is 19.2 Å². The summed E-state index contributed by atoms with van der Waals surface area (Å²) in [5, 5.41) is 2.25. The van der Waals surface area contributed by atoms with E-state index in [1.165, 1.54) is 36.3 Å².